The predicted octanol–water partition coefficient (Wildman–Crippen LogP) is 3.35. The molecule has 0 aromatic carbocycles. The zero-order valence-electron chi connectivity index (χ0n) is 18.1. The van der Waals surface area contributed by atoms with Crippen molar-refractivity contribution < 1.29 is 18.0 Å². The van der Waals surface area contributed by atoms with Crippen LogP contribution in [-0.2, 0) is 31.1 Å². The van der Waals surface area contributed by atoms with Gasteiger partial charge in [0.1, 0.15) is 5.69 Å². The molecule has 1 amide bonds. The molecule has 170 valence electrons. The molecule has 0 N–H and O–H groups in total. The van der Waals surface area contributed by atoms with Crippen molar-refractivity contribution >= 4 is 11.6 Å². The van der Waals surface area contributed by atoms with Gasteiger partial charge >= 0.3 is 6.18 Å². The van der Waals surface area contributed by atoms with Crippen LogP contribution in [0.25, 0.3) is 0 Å². The fourth-order valence-corrected chi connectivity index (χ4v) is 4.97. The number of carbonyl (C=O) groups excluding carboxylic acids is 1. The van der Waals surface area contributed by atoms with E-state index in [1.165, 1.54) is 6.20 Å². The predicted molar refractivity (Wildman–Crippen MR) is 112 cm³/mol. The first kappa shape index (κ1) is 21.0. The van der Waals surface area contributed by atoms with Gasteiger partial charge in [0.05, 0.1) is 6.54 Å². The Labute approximate surface area is 183 Å². The number of nitrogens with zero attached hydrogens (tertiary/aromatic N) is 4. The third-order valence-corrected chi connectivity index (χ3v) is 6.99. The summed E-state index contributed by atoms with van der Waals surface area (Å²) in [4.78, 5) is 32.8. The molecule has 1 saturated heterocycles. The molecule has 2 aliphatic heterocycles. The summed E-state index contributed by atoms with van der Waals surface area (Å²) in [6, 6.07) is 2.61. The maximum absolute atomic E-state index is 12.9. The minimum atomic E-state index is -4.47. The third-order valence-electron chi connectivity index (χ3n) is 6.99. The number of halogens is 3. The number of fused-ring (bicyclic) bond motifs is 1. The standard InChI is InChI=1S/C23H25F3N4O2/c1-13-17-11-30(12-18(17)28(2)22(32)21(13)15-3-4-15)20(31)7-14-9-29(10-14)16-5-6-27-19(8-16)23(24,25)26/h5-6,8,14-15H,3-4,7,9-12H2,1-2H3. The van der Waals surface area contributed by atoms with Gasteiger partial charge < -0.3 is 14.4 Å². The smallest absolute Gasteiger partial charge is 0.371 e. The molecule has 0 bridgehead atoms. The Bertz CT molecular complexity index is 1150. The van der Waals surface area contributed by atoms with E-state index in [4.69, 9.17) is 0 Å². The van der Waals surface area contributed by atoms with E-state index in [1.54, 1.807) is 22.6 Å². The van der Waals surface area contributed by atoms with Gasteiger partial charge in [-0.1, -0.05) is 0 Å². The van der Waals surface area contributed by atoms with E-state index in [2.05, 4.69) is 4.98 Å². The van der Waals surface area contributed by atoms with Crippen molar-refractivity contribution in [2.45, 2.75) is 51.4 Å². The minimum absolute atomic E-state index is 0.0244. The SMILES string of the molecule is Cc1c2c(n(C)c(=O)c1C1CC1)CN(C(=O)CC1CN(c3ccnc(C(F)(F)F)c3)C1)C2. The van der Waals surface area contributed by atoms with Crippen LogP contribution in [0.3, 0.4) is 0 Å². The zero-order chi connectivity index (χ0) is 22.8. The van der Waals surface area contributed by atoms with E-state index < -0.39 is 11.9 Å². The monoisotopic (exact) mass is 446 g/mol. The van der Waals surface area contributed by atoms with Gasteiger partial charge in [0.15, 0.2) is 0 Å². The highest BCUT2D eigenvalue weighted by molar-refractivity contribution is 5.77. The Kier molecular flexibility index (Phi) is 4.83. The normalized spacial score (nSPS) is 18.7. The number of amides is 1. The van der Waals surface area contributed by atoms with Crippen LogP contribution >= 0.6 is 0 Å². The summed E-state index contributed by atoms with van der Waals surface area (Å²) in [6.07, 6.45) is -0.849. The van der Waals surface area contributed by atoms with Crippen molar-refractivity contribution in [3.05, 3.63) is 56.8 Å². The fraction of sp³-hybridized carbons (Fsp3) is 0.522. The molecule has 0 radical (unpaired) electrons. The number of rotatable bonds is 4. The number of carbonyl (C=O) groups is 1. The largest absolute Gasteiger partial charge is 0.433 e. The highest BCUT2D eigenvalue weighted by Crippen LogP contribution is 2.42. The Balaban J connectivity index is 1.22. The van der Waals surface area contributed by atoms with Gasteiger partial charge in [-0.25, -0.2) is 0 Å². The molecule has 0 spiro atoms. The van der Waals surface area contributed by atoms with Crippen LogP contribution in [0.2, 0.25) is 0 Å². The Morgan fingerprint density at radius 2 is 1.94 bits per heavy atom. The molecule has 32 heavy (non-hydrogen) atoms. The zero-order valence-corrected chi connectivity index (χ0v) is 18.1. The van der Waals surface area contributed by atoms with Crippen LogP contribution in [0, 0.1) is 12.8 Å². The Morgan fingerprint density at radius 3 is 2.59 bits per heavy atom. The molecule has 9 heteroatoms. The Hall–Kier alpha value is -2.84. The molecule has 2 fully saturated rings. The average molecular weight is 446 g/mol. The van der Waals surface area contributed by atoms with Gasteiger partial charge in [-0.3, -0.25) is 14.6 Å². The molecule has 2 aromatic heterocycles. The molecule has 1 aliphatic carbocycles. The summed E-state index contributed by atoms with van der Waals surface area (Å²) in [7, 11) is 1.79. The second-order valence-corrected chi connectivity index (χ2v) is 9.22. The van der Waals surface area contributed by atoms with E-state index in [0.717, 1.165) is 41.3 Å². The van der Waals surface area contributed by atoms with Crippen LogP contribution in [0.1, 0.15) is 53.3 Å². The van der Waals surface area contributed by atoms with E-state index in [9.17, 15) is 22.8 Å². The van der Waals surface area contributed by atoms with Crippen LogP contribution in [0.5, 0.6) is 0 Å². The number of hydrogen-bond donors (Lipinski definition) is 0. The van der Waals surface area contributed by atoms with E-state index in [1.807, 2.05) is 11.8 Å². The maximum Gasteiger partial charge on any atom is 0.433 e. The van der Waals surface area contributed by atoms with Gasteiger partial charge in [-0.05, 0) is 48.9 Å². The molecular formula is C23H25F3N4O2. The molecule has 3 aliphatic rings. The highest BCUT2D eigenvalue weighted by Gasteiger charge is 2.37. The number of aromatic nitrogens is 2. The second kappa shape index (κ2) is 7.35. The topological polar surface area (TPSA) is 58.4 Å². The molecule has 4 heterocycles. The van der Waals surface area contributed by atoms with Gasteiger partial charge in [0.25, 0.3) is 5.56 Å². The molecule has 2 aromatic rings. The summed E-state index contributed by atoms with van der Waals surface area (Å²) < 4.78 is 40.4. The maximum atomic E-state index is 12.9. The highest BCUT2D eigenvalue weighted by atomic mass is 19.4. The van der Waals surface area contributed by atoms with E-state index in [-0.39, 0.29) is 17.4 Å². The van der Waals surface area contributed by atoms with Crippen molar-refractivity contribution in [1.82, 2.24) is 14.5 Å². The van der Waals surface area contributed by atoms with E-state index in [0.29, 0.717) is 44.2 Å². The van der Waals surface area contributed by atoms with Crippen molar-refractivity contribution in [2.75, 3.05) is 18.0 Å². The quantitative estimate of drug-likeness (QED) is 0.723. The van der Waals surface area contributed by atoms with Crippen LogP contribution < -0.4 is 10.5 Å². The van der Waals surface area contributed by atoms with Gasteiger partial charge in [0.2, 0.25) is 5.91 Å². The minimum Gasteiger partial charge on any atom is -0.371 e. The molecule has 5 rings (SSSR count). The number of alkyl halides is 3. The third kappa shape index (κ3) is 3.57. The van der Waals surface area contributed by atoms with Crippen LogP contribution in [0.15, 0.2) is 23.1 Å². The summed E-state index contributed by atoms with van der Waals surface area (Å²) in [5.41, 5.74) is 3.58. The lowest BCUT2D eigenvalue weighted by Gasteiger charge is -2.41. The lowest BCUT2D eigenvalue weighted by atomic mass is 9.95. The molecule has 1 saturated carbocycles. The molecule has 0 unspecified atom stereocenters. The first-order chi connectivity index (χ1) is 15.1. The summed E-state index contributed by atoms with van der Waals surface area (Å²) in [5, 5.41) is 0. The van der Waals surface area contributed by atoms with Gasteiger partial charge in [-0.15, -0.1) is 0 Å². The van der Waals surface area contributed by atoms with Crippen molar-refractivity contribution in [3.63, 3.8) is 0 Å². The summed E-state index contributed by atoms with van der Waals surface area (Å²) >= 11 is 0. The Morgan fingerprint density at radius 1 is 1.22 bits per heavy atom. The number of anilines is 1. The second-order valence-electron chi connectivity index (χ2n) is 9.22. The fourth-order valence-electron chi connectivity index (χ4n) is 4.97. The van der Waals surface area contributed by atoms with Crippen molar-refractivity contribution in [1.29, 1.82) is 0 Å². The first-order valence-corrected chi connectivity index (χ1v) is 10.9. The van der Waals surface area contributed by atoms with Crippen molar-refractivity contribution in [3.8, 4) is 0 Å². The van der Waals surface area contributed by atoms with Crippen LogP contribution in [-0.4, -0.2) is 33.4 Å². The van der Waals surface area contributed by atoms with Crippen molar-refractivity contribution in [2.24, 2.45) is 13.0 Å². The molecule has 0 atom stereocenters. The first-order valence-electron chi connectivity index (χ1n) is 10.9. The lowest BCUT2D eigenvalue weighted by Crippen LogP contribution is -2.48. The summed E-state index contributed by atoms with van der Waals surface area (Å²) in [6.45, 7) is 4.02. The summed E-state index contributed by atoms with van der Waals surface area (Å²) in [5.74, 6) is 0.479. The molecule has 6 nitrogen and oxygen atoms in total. The number of hydrogen-bond acceptors (Lipinski definition) is 4. The van der Waals surface area contributed by atoms with Gasteiger partial charge in [-0.2, -0.15) is 13.2 Å². The van der Waals surface area contributed by atoms with Crippen LogP contribution in [0.4, 0.5) is 18.9 Å². The number of pyridine rings is 2. The lowest BCUT2D eigenvalue weighted by molar-refractivity contribution is -0.141. The van der Waals surface area contributed by atoms with E-state index >= 15 is 0 Å². The average Bonchev–Trinajstić information content (AvgIpc) is 3.44. The molecular weight excluding hydrogens is 421 g/mol. The van der Waals surface area contributed by atoms with Gasteiger partial charge in [0, 0.05) is 62.2 Å².